The molecule has 6 heteroatoms. The summed E-state index contributed by atoms with van der Waals surface area (Å²) in [6.45, 7) is 11.3. The number of nitrogen functional groups attached to an aromatic ring is 1. The highest BCUT2D eigenvalue weighted by atomic mass is 35.5. The number of nitrogens with one attached hydrogen (secondary N) is 3. The van der Waals surface area contributed by atoms with Crippen molar-refractivity contribution in [2.45, 2.75) is 13.8 Å². The van der Waals surface area contributed by atoms with Gasteiger partial charge in [0.1, 0.15) is 5.84 Å². The molecule has 1 amide bonds. The van der Waals surface area contributed by atoms with Crippen molar-refractivity contribution >= 4 is 29.0 Å². The van der Waals surface area contributed by atoms with Gasteiger partial charge in [0.25, 0.3) is 5.91 Å². The Morgan fingerprint density at radius 2 is 1.78 bits per heavy atom. The molecule has 0 bridgehead atoms. The van der Waals surface area contributed by atoms with E-state index in [1.165, 1.54) is 6.08 Å². The predicted octanol–water partition coefficient (Wildman–Crippen LogP) is 3.35. The molecule has 0 radical (unpaired) electrons. The number of benzene rings is 1. The number of nitrogens with two attached hydrogens (primary N) is 1. The van der Waals surface area contributed by atoms with Gasteiger partial charge in [-0.25, -0.2) is 0 Å². The van der Waals surface area contributed by atoms with Crippen molar-refractivity contribution in [3.05, 3.63) is 65.4 Å². The Morgan fingerprint density at radius 3 is 2.17 bits per heavy atom. The monoisotopic (exact) mass is 334 g/mol. The van der Waals surface area contributed by atoms with Crippen LogP contribution in [-0.2, 0) is 4.79 Å². The normalized spacial score (nSPS) is 10.0. The fourth-order valence-corrected chi connectivity index (χ4v) is 1.62. The zero-order valence-electron chi connectivity index (χ0n) is 13.7. The Bertz CT molecular complexity index is 618. The van der Waals surface area contributed by atoms with Gasteiger partial charge in [0.2, 0.25) is 0 Å². The molecular formula is C17H23ClN4O. The summed E-state index contributed by atoms with van der Waals surface area (Å²) in [5.41, 5.74) is 7.23. The number of allylic oxidation sites excluding steroid dienone is 2. The molecule has 1 rings (SSSR count). The van der Waals surface area contributed by atoms with Crippen LogP contribution >= 0.6 is 11.6 Å². The van der Waals surface area contributed by atoms with E-state index in [0.717, 1.165) is 0 Å². The predicted molar refractivity (Wildman–Crippen MR) is 98.7 cm³/mol. The second kappa shape index (κ2) is 10.2. The molecule has 0 saturated heterocycles. The number of anilines is 1. The summed E-state index contributed by atoms with van der Waals surface area (Å²) in [5, 5.41) is 13.0. The van der Waals surface area contributed by atoms with Gasteiger partial charge in [-0.1, -0.05) is 38.6 Å². The van der Waals surface area contributed by atoms with Crippen LogP contribution in [0.3, 0.4) is 0 Å². The van der Waals surface area contributed by atoms with E-state index in [-0.39, 0.29) is 22.3 Å². The molecule has 0 atom stereocenters. The molecule has 0 aromatic heterocycles. The Kier molecular flexibility index (Phi) is 9.11. The van der Waals surface area contributed by atoms with Gasteiger partial charge in [0, 0.05) is 29.0 Å². The highest BCUT2D eigenvalue weighted by Crippen LogP contribution is 2.15. The maximum absolute atomic E-state index is 12.2. The van der Waals surface area contributed by atoms with Crippen LogP contribution in [0.15, 0.2) is 59.8 Å². The highest BCUT2D eigenvalue weighted by molar-refractivity contribution is 6.31. The van der Waals surface area contributed by atoms with Gasteiger partial charge in [-0.3, -0.25) is 10.2 Å². The molecule has 5 N–H and O–H groups in total. The maximum Gasteiger partial charge on any atom is 0.257 e. The third-order valence-corrected chi connectivity index (χ3v) is 2.74. The SMILES string of the molecule is C=C(Cl)/C=C(\C(=C)NC)C(=O)Nc1ccc(C(=N)N)cc1.CC. The lowest BCUT2D eigenvalue weighted by Gasteiger charge is -2.11. The fraction of sp³-hybridized carbons (Fsp3) is 0.176. The van der Waals surface area contributed by atoms with Crippen molar-refractivity contribution in [1.29, 1.82) is 5.41 Å². The number of amidine groups is 1. The molecule has 0 unspecified atom stereocenters. The summed E-state index contributed by atoms with van der Waals surface area (Å²) in [5.74, 6) is -0.401. The Balaban J connectivity index is 0.00000232. The molecule has 1 aromatic rings. The van der Waals surface area contributed by atoms with Gasteiger partial charge < -0.3 is 16.4 Å². The molecule has 0 heterocycles. The van der Waals surface area contributed by atoms with Crippen molar-refractivity contribution < 1.29 is 4.79 Å². The summed E-state index contributed by atoms with van der Waals surface area (Å²) in [4.78, 5) is 12.2. The average molecular weight is 335 g/mol. The van der Waals surface area contributed by atoms with Crippen LogP contribution in [0.2, 0.25) is 0 Å². The second-order valence-corrected chi connectivity index (χ2v) is 4.66. The fourth-order valence-electron chi connectivity index (χ4n) is 1.51. The number of rotatable bonds is 6. The molecule has 0 aliphatic carbocycles. The van der Waals surface area contributed by atoms with Gasteiger partial charge in [0.15, 0.2) is 0 Å². The third kappa shape index (κ3) is 6.84. The minimum absolute atomic E-state index is 0.0320. The van der Waals surface area contributed by atoms with Gasteiger partial charge >= 0.3 is 0 Å². The largest absolute Gasteiger partial charge is 0.388 e. The van der Waals surface area contributed by atoms with Crippen molar-refractivity contribution in [1.82, 2.24) is 5.32 Å². The van der Waals surface area contributed by atoms with Crippen LogP contribution in [0.25, 0.3) is 0 Å². The van der Waals surface area contributed by atoms with Gasteiger partial charge in [-0.05, 0) is 30.3 Å². The summed E-state index contributed by atoms with van der Waals surface area (Å²) in [6.07, 6.45) is 1.43. The van der Waals surface area contributed by atoms with Crippen LogP contribution in [-0.4, -0.2) is 18.8 Å². The van der Waals surface area contributed by atoms with Crippen molar-refractivity contribution in [3.63, 3.8) is 0 Å². The first-order chi connectivity index (χ1) is 10.8. The number of likely N-dealkylation sites (N-methyl/N-ethyl adjacent to an activating group) is 1. The van der Waals surface area contributed by atoms with Crippen LogP contribution in [0.4, 0.5) is 5.69 Å². The van der Waals surface area contributed by atoms with E-state index in [4.69, 9.17) is 22.7 Å². The van der Waals surface area contributed by atoms with Crippen LogP contribution in [0.5, 0.6) is 0 Å². The lowest BCUT2D eigenvalue weighted by Crippen LogP contribution is -2.20. The van der Waals surface area contributed by atoms with E-state index in [0.29, 0.717) is 16.9 Å². The second-order valence-electron chi connectivity index (χ2n) is 4.18. The van der Waals surface area contributed by atoms with Gasteiger partial charge in [0.05, 0.1) is 5.57 Å². The van der Waals surface area contributed by atoms with E-state index < -0.39 is 0 Å². The van der Waals surface area contributed by atoms with E-state index in [2.05, 4.69) is 23.8 Å². The number of halogens is 1. The zero-order chi connectivity index (χ0) is 18.0. The average Bonchev–Trinajstić information content (AvgIpc) is 2.54. The molecule has 0 spiro atoms. The Labute approximate surface area is 142 Å². The van der Waals surface area contributed by atoms with E-state index in [9.17, 15) is 4.79 Å². The molecule has 0 aliphatic heterocycles. The highest BCUT2D eigenvalue weighted by Gasteiger charge is 2.13. The first kappa shape index (κ1) is 20.5. The molecule has 5 nitrogen and oxygen atoms in total. The molecule has 23 heavy (non-hydrogen) atoms. The van der Waals surface area contributed by atoms with Crippen LogP contribution in [0.1, 0.15) is 19.4 Å². The van der Waals surface area contributed by atoms with Crippen LogP contribution < -0.4 is 16.4 Å². The quantitative estimate of drug-likeness (QED) is 0.278. The standard InChI is InChI=1S/C15H17ClN4O.C2H6/c1-9(16)8-13(10(2)19-3)15(21)20-12-6-4-11(5-7-12)14(17)18;1-2/h4-8,19H,1-2H2,3H3,(H3,17,18)(H,20,21);1-2H3/b13-8+;. The lowest BCUT2D eigenvalue weighted by atomic mass is 10.1. The zero-order valence-corrected chi connectivity index (χ0v) is 14.4. The van der Waals surface area contributed by atoms with E-state index >= 15 is 0 Å². The lowest BCUT2D eigenvalue weighted by molar-refractivity contribution is -0.112. The molecular weight excluding hydrogens is 312 g/mol. The number of carbonyl (C=O) groups excluding carboxylic acids is 1. The Morgan fingerprint density at radius 1 is 1.26 bits per heavy atom. The topological polar surface area (TPSA) is 91.0 Å². The molecule has 0 aliphatic rings. The minimum atomic E-state index is -0.369. The summed E-state index contributed by atoms with van der Waals surface area (Å²) in [7, 11) is 1.65. The maximum atomic E-state index is 12.2. The van der Waals surface area contributed by atoms with Crippen LogP contribution in [0, 0.1) is 5.41 Å². The van der Waals surface area contributed by atoms with E-state index in [1.807, 2.05) is 13.8 Å². The number of amides is 1. The number of hydrogen-bond donors (Lipinski definition) is 4. The third-order valence-electron chi connectivity index (χ3n) is 2.63. The van der Waals surface area contributed by atoms with Gasteiger partial charge in [-0.15, -0.1) is 0 Å². The molecule has 124 valence electrons. The number of carbonyl (C=O) groups is 1. The first-order valence-corrected chi connectivity index (χ1v) is 7.42. The smallest absolute Gasteiger partial charge is 0.257 e. The first-order valence-electron chi connectivity index (χ1n) is 7.04. The molecule has 0 fully saturated rings. The Hall–Kier alpha value is -2.53. The van der Waals surface area contributed by atoms with E-state index in [1.54, 1.807) is 31.3 Å². The molecule has 1 aromatic carbocycles. The van der Waals surface area contributed by atoms with Crippen molar-refractivity contribution in [3.8, 4) is 0 Å². The van der Waals surface area contributed by atoms with Crippen molar-refractivity contribution in [2.75, 3.05) is 12.4 Å². The summed E-state index contributed by atoms with van der Waals surface area (Å²) in [6, 6.07) is 6.61. The summed E-state index contributed by atoms with van der Waals surface area (Å²) >= 11 is 5.72. The minimum Gasteiger partial charge on any atom is -0.388 e. The van der Waals surface area contributed by atoms with Gasteiger partial charge in [-0.2, -0.15) is 0 Å². The van der Waals surface area contributed by atoms with Crippen molar-refractivity contribution in [2.24, 2.45) is 5.73 Å². The number of hydrogen-bond acceptors (Lipinski definition) is 3. The summed E-state index contributed by atoms with van der Waals surface area (Å²) < 4.78 is 0. The molecule has 0 saturated carbocycles.